The molecule has 1 aliphatic rings. The molecule has 2 aromatic rings. The van der Waals surface area contributed by atoms with Gasteiger partial charge in [0.05, 0.1) is 19.8 Å². The van der Waals surface area contributed by atoms with Gasteiger partial charge in [-0.05, 0) is 44.7 Å². The molecule has 8 heteroatoms. The highest BCUT2D eigenvalue weighted by atomic mass is 16.5. The van der Waals surface area contributed by atoms with E-state index in [1.165, 1.54) is 0 Å². The molecule has 8 nitrogen and oxygen atoms in total. The molecule has 0 spiro atoms. The molecule has 3 rings (SSSR count). The van der Waals surface area contributed by atoms with E-state index in [9.17, 15) is 9.59 Å². The van der Waals surface area contributed by atoms with Gasteiger partial charge in [0.2, 0.25) is 11.8 Å². The SMILES string of the molecule is CCOc1cccc2c1OCCCCCNC(=O)CN(C(=O)CCCn1cccn1)C2. The third kappa shape index (κ3) is 7.01. The van der Waals surface area contributed by atoms with Crippen LogP contribution in [0.1, 0.15) is 44.6 Å². The van der Waals surface area contributed by atoms with E-state index < -0.39 is 0 Å². The van der Waals surface area contributed by atoms with E-state index in [0.717, 1.165) is 24.8 Å². The number of hydrogen-bond acceptors (Lipinski definition) is 5. The fourth-order valence-corrected chi connectivity index (χ4v) is 3.57. The number of ether oxygens (including phenoxy) is 2. The Balaban J connectivity index is 1.77. The van der Waals surface area contributed by atoms with Crippen LogP contribution in [0.15, 0.2) is 36.7 Å². The number of nitrogens with zero attached hydrogens (tertiary/aromatic N) is 3. The highest BCUT2D eigenvalue weighted by molar-refractivity contribution is 5.84. The summed E-state index contributed by atoms with van der Waals surface area (Å²) in [6.45, 7) is 4.62. The molecule has 1 aromatic carbocycles. The number of hydrogen-bond donors (Lipinski definition) is 1. The number of carbonyl (C=O) groups excluding carboxylic acids is 2. The Bertz CT molecular complexity index is 838. The van der Waals surface area contributed by atoms with Crippen molar-refractivity contribution in [1.29, 1.82) is 0 Å². The summed E-state index contributed by atoms with van der Waals surface area (Å²) in [6.07, 6.45) is 7.33. The second-order valence-corrected chi connectivity index (χ2v) is 7.56. The Hall–Kier alpha value is -3.03. The number of carbonyl (C=O) groups is 2. The molecular formula is C23H32N4O4. The molecule has 1 N–H and O–H groups in total. The monoisotopic (exact) mass is 428 g/mol. The van der Waals surface area contributed by atoms with Crippen LogP contribution in [-0.4, -0.2) is 52.8 Å². The fourth-order valence-electron chi connectivity index (χ4n) is 3.57. The zero-order valence-corrected chi connectivity index (χ0v) is 18.2. The summed E-state index contributed by atoms with van der Waals surface area (Å²) < 4.78 is 13.7. The first-order valence-electron chi connectivity index (χ1n) is 11.1. The molecule has 2 amide bonds. The Morgan fingerprint density at radius 3 is 2.94 bits per heavy atom. The predicted molar refractivity (Wildman–Crippen MR) is 117 cm³/mol. The molecule has 0 bridgehead atoms. The van der Waals surface area contributed by atoms with Crippen molar-refractivity contribution in [2.24, 2.45) is 0 Å². The van der Waals surface area contributed by atoms with Crippen LogP contribution in [0.5, 0.6) is 11.5 Å². The summed E-state index contributed by atoms with van der Waals surface area (Å²) in [5, 5.41) is 7.10. The fraction of sp³-hybridized carbons (Fsp3) is 0.522. The van der Waals surface area contributed by atoms with Crippen LogP contribution in [0.3, 0.4) is 0 Å². The van der Waals surface area contributed by atoms with Crippen LogP contribution in [0.25, 0.3) is 0 Å². The van der Waals surface area contributed by atoms with Crippen molar-refractivity contribution in [1.82, 2.24) is 20.0 Å². The summed E-state index contributed by atoms with van der Waals surface area (Å²) in [5.74, 6) is 1.14. The first-order chi connectivity index (χ1) is 15.2. The average molecular weight is 429 g/mol. The number of benzene rings is 1. The van der Waals surface area contributed by atoms with Gasteiger partial charge < -0.3 is 19.7 Å². The molecule has 0 fully saturated rings. The smallest absolute Gasteiger partial charge is 0.239 e. The molecule has 0 saturated heterocycles. The van der Waals surface area contributed by atoms with E-state index in [2.05, 4.69) is 10.4 Å². The van der Waals surface area contributed by atoms with Crippen molar-refractivity contribution in [3.8, 4) is 11.5 Å². The van der Waals surface area contributed by atoms with Crippen LogP contribution in [0.4, 0.5) is 0 Å². The zero-order valence-electron chi connectivity index (χ0n) is 18.2. The topological polar surface area (TPSA) is 85.7 Å². The van der Waals surface area contributed by atoms with Gasteiger partial charge in [0.1, 0.15) is 0 Å². The lowest BCUT2D eigenvalue weighted by Crippen LogP contribution is -2.40. The second-order valence-electron chi connectivity index (χ2n) is 7.56. The minimum atomic E-state index is -0.136. The van der Waals surface area contributed by atoms with Crippen LogP contribution < -0.4 is 14.8 Å². The molecule has 31 heavy (non-hydrogen) atoms. The van der Waals surface area contributed by atoms with Crippen molar-refractivity contribution in [3.63, 3.8) is 0 Å². The number of nitrogens with one attached hydrogen (secondary N) is 1. The van der Waals surface area contributed by atoms with Gasteiger partial charge in [0.25, 0.3) is 0 Å². The van der Waals surface area contributed by atoms with Gasteiger partial charge in [0, 0.05) is 44.0 Å². The van der Waals surface area contributed by atoms with Crippen molar-refractivity contribution in [2.75, 3.05) is 26.3 Å². The Kier molecular flexibility index (Phi) is 8.75. The average Bonchev–Trinajstić information content (AvgIpc) is 3.27. The Morgan fingerprint density at radius 2 is 2.13 bits per heavy atom. The van der Waals surface area contributed by atoms with Crippen LogP contribution in [-0.2, 0) is 22.7 Å². The van der Waals surface area contributed by atoms with Gasteiger partial charge in [0.15, 0.2) is 11.5 Å². The summed E-state index contributed by atoms with van der Waals surface area (Å²) in [4.78, 5) is 27.1. The van der Waals surface area contributed by atoms with Crippen LogP contribution in [0.2, 0.25) is 0 Å². The highest BCUT2D eigenvalue weighted by Crippen LogP contribution is 2.33. The van der Waals surface area contributed by atoms with Gasteiger partial charge in [-0.25, -0.2) is 0 Å². The second kappa shape index (κ2) is 12.0. The number of aromatic nitrogens is 2. The van der Waals surface area contributed by atoms with E-state index in [-0.39, 0.29) is 18.4 Å². The Labute approximate surface area is 183 Å². The third-order valence-electron chi connectivity index (χ3n) is 5.14. The molecule has 0 atom stereocenters. The third-order valence-corrected chi connectivity index (χ3v) is 5.14. The van der Waals surface area contributed by atoms with Gasteiger partial charge in [-0.1, -0.05) is 12.1 Å². The van der Waals surface area contributed by atoms with Crippen LogP contribution >= 0.6 is 0 Å². The molecule has 0 aliphatic carbocycles. The molecule has 0 saturated carbocycles. The summed E-state index contributed by atoms with van der Waals surface area (Å²) >= 11 is 0. The van der Waals surface area contributed by atoms with Crippen molar-refractivity contribution in [2.45, 2.75) is 52.1 Å². The maximum Gasteiger partial charge on any atom is 0.239 e. The van der Waals surface area contributed by atoms with Crippen molar-refractivity contribution in [3.05, 3.63) is 42.2 Å². The maximum atomic E-state index is 13.0. The van der Waals surface area contributed by atoms with Gasteiger partial charge >= 0.3 is 0 Å². The normalized spacial score (nSPS) is 15.5. The summed E-state index contributed by atoms with van der Waals surface area (Å²) in [5.41, 5.74) is 0.846. The number of amides is 2. The molecule has 0 unspecified atom stereocenters. The largest absolute Gasteiger partial charge is 0.490 e. The van der Waals surface area contributed by atoms with Gasteiger partial charge in [-0.3, -0.25) is 14.3 Å². The molecule has 1 aliphatic heterocycles. The minimum absolute atomic E-state index is 0.0267. The van der Waals surface area contributed by atoms with E-state index in [1.807, 2.05) is 37.4 Å². The van der Waals surface area contributed by atoms with Crippen molar-refractivity contribution < 1.29 is 19.1 Å². The van der Waals surface area contributed by atoms with Gasteiger partial charge in [-0.15, -0.1) is 0 Å². The van der Waals surface area contributed by atoms with E-state index in [4.69, 9.17) is 9.47 Å². The number of rotatable bonds is 6. The van der Waals surface area contributed by atoms with E-state index >= 15 is 0 Å². The highest BCUT2D eigenvalue weighted by Gasteiger charge is 2.21. The van der Waals surface area contributed by atoms with E-state index in [0.29, 0.717) is 57.2 Å². The number of aryl methyl sites for hydroxylation is 1. The number of para-hydroxylation sites is 1. The first-order valence-corrected chi connectivity index (χ1v) is 11.1. The molecule has 0 radical (unpaired) electrons. The lowest BCUT2D eigenvalue weighted by molar-refractivity contribution is -0.136. The zero-order chi connectivity index (χ0) is 21.9. The standard InChI is InChI=1S/C23H32N4O4/c1-2-30-20-10-6-9-19-17-26(22(29)11-7-14-27-15-8-13-25-27)18-21(28)24-12-4-3-5-16-31-23(19)20/h6,8-10,13,15H,2-5,7,11-12,14,16-18H2,1H3,(H,24,28). The van der Waals surface area contributed by atoms with Crippen LogP contribution in [0, 0.1) is 0 Å². The van der Waals surface area contributed by atoms with E-state index in [1.54, 1.807) is 15.8 Å². The molecule has 168 valence electrons. The molecule has 2 heterocycles. The summed E-state index contributed by atoms with van der Waals surface area (Å²) in [6, 6.07) is 7.56. The summed E-state index contributed by atoms with van der Waals surface area (Å²) in [7, 11) is 0. The molecular weight excluding hydrogens is 396 g/mol. The number of fused-ring (bicyclic) bond motifs is 1. The van der Waals surface area contributed by atoms with Gasteiger partial charge in [-0.2, -0.15) is 5.10 Å². The lowest BCUT2D eigenvalue weighted by atomic mass is 10.1. The maximum absolute atomic E-state index is 13.0. The Morgan fingerprint density at radius 1 is 1.23 bits per heavy atom. The quantitative estimate of drug-likeness (QED) is 0.765. The first kappa shape index (κ1) is 22.7. The van der Waals surface area contributed by atoms with Crippen molar-refractivity contribution >= 4 is 11.8 Å². The lowest BCUT2D eigenvalue weighted by Gasteiger charge is -2.24. The minimum Gasteiger partial charge on any atom is -0.490 e. The predicted octanol–water partition coefficient (Wildman–Crippen LogP) is 2.77. The molecule has 1 aromatic heterocycles.